The maximum atomic E-state index is 6.00. The van der Waals surface area contributed by atoms with Crippen LogP contribution >= 0.6 is 0 Å². The van der Waals surface area contributed by atoms with Crippen molar-refractivity contribution >= 4 is 0 Å². The Morgan fingerprint density at radius 1 is 1.25 bits per heavy atom. The van der Waals surface area contributed by atoms with E-state index in [1.165, 1.54) is 5.56 Å². The molecular weight excluding hydrogens is 250 g/mol. The molecule has 0 saturated heterocycles. The molecule has 0 amide bonds. The van der Waals surface area contributed by atoms with Gasteiger partial charge in [-0.25, -0.2) is 0 Å². The fraction of sp³-hybridized carbons (Fsp3) is 0.647. The third-order valence-corrected chi connectivity index (χ3v) is 3.64. The summed E-state index contributed by atoms with van der Waals surface area (Å²) in [6, 6.07) is 8.41. The topological polar surface area (TPSA) is 30.5 Å². The van der Waals surface area contributed by atoms with Gasteiger partial charge in [0.25, 0.3) is 0 Å². The lowest BCUT2D eigenvalue weighted by Gasteiger charge is -2.37. The molecule has 1 rings (SSSR count). The Morgan fingerprint density at radius 2 is 1.95 bits per heavy atom. The first-order valence-corrected chi connectivity index (χ1v) is 7.54. The molecule has 0 aliphatic heterocycles. The summed E-state index contributed by atoms with van der Waals surface area (Å²) in [6.45, 7) is 11.2. The number of likely N-dealkylation sites (N-methyl/N-ethyl adjacent to an activating group) is 1. The predicted octanol–water partition coefficient (Wildman–Crippen LogP) is 3.94. The van der Waals surface area contributed by atoms with Crippen molar-refractivity contribution in [2.24, 2.45) is 0 Å². The fourth-order valence-electron chi connectivity index (χ4n) is 2.58. The third-order valence-electron chi connectivity index (χ3n) is 3.64. The van der Waals surface area contributed by atoms with Gasteiger partial charge in [-0.3, -0.25) is 0 Å². The highest BCUT2D eigenvalue weighted by Crippen LogP contribution is 2.33. The van der Waals surface area contributed by atoms with E-state index in [4.69, 9.17) is 9.47 Å². The van der Waals surface area contributed by atoms with Crippen LogP contribution in [0.2, 0.25) is 0 Å². The average Bonchev–Trinajstić information content (AvgIpc) is 2.39. The minimum Gasteiger partial charge on any atom is -0.491 e. The number of hydrogen-bond acceptors (Lipinski definition) is 3. The van der Waals surface area contributed by atoms with Crippen LogP contribution in [0.15, 0.2) is 24.3 Å². The van der Waals surface area contributed by atoms with Gasteiger partial charge in [-0.05, 0) is 58.9 Å². The maximum absolute atomic E-state index is 6.00. The highest BCUT2D eigenvalue weighted by Gasteiger charge is 2.33. The smallest absolute Gasteiger partial charge is 0.120 e. The van der Waals surface area contributed by atoms with Gasteiger partial charge >= 0.3 is 0 Å². The van der Waals surface area contributed by atoms with Crippen LogP contribution in [0, 0.1) is 0 Å². The molecule has 1 aromatic carbocycles. The zero-order valence-corrected chi connectivity index (χ0v) is 13.7. The summed E-state index contributed by atoms with van der Waals surface area (Å²) >= 11 is 0. The molecule has 2 atom stereocenters. The van der Waals surface area contributed by atoms with E-state index < -0.39 is 0 Å². The van der Waals surface area contributed by atoms with Gasteiger partial charge in [0.15, 0.2) is 0 Å². The minimum atomic E-state index is -0.222. The third kappa shape index (κ3) is 4.22. The lowest BCUT2D eigenvalue weighted by atomic mass is 9.87. The highest BCUT2D eigenvalue weighted by molar-refractivity contribution is 5.32. The Kier molecular flexibility index (Phi) is 6.50. The number of benzene rings is 1. The molecule has 0 aliphatic rings. The van der Waals surface area contributed by atoms with Crippen LogP contribution in [-0.4, -0.2) is 25.4 Å². The van der Waals surface area contributed by atoms with E-state index in [-0.39, 0.29) is 17.7 Å². The van der Waals surface area contributed by atoms with Gasteiger partial charge in [-0.2, -0.15) is 0 Å². The van der Waals surface area contributed by atoms with E-state index in [9.17, 15) is 0 Å². The van der Waals surface area contributed by atoms with Crippen LogP contribution in [0.25, 0.3) is 0 Å². The summed E-state index contributed by atoms with van der Waals surface area (Å²) in [5.41, 5.74) is 0.975. The van der Waals surface area contributed by atoms with Crippen molar-refractivity contribution in [2.75, 3.05) is 13.7 Å². The van der Waals surface area contributed by atoms with Gasteiger partial charge in [-0.1, -0.05) is 19.1 Å². The van der Waals surface area contributed by atoms with Crippen LogP contribution in [-0.2, 0) is 4.74 Å². The Labute approximate surface area is 123 Å². The van der Waals surface area contributed by atoms with Crippen molar-refractivity contribution in [3.05, 3.63) is 29.8 Å². The average molecular weight is 279 g/mol. The minimum absolute atomic E-state index is 0.142. The van der Waals surface area contributed by atoms with E-state index >= 15 is 0 Å². The number of rotatable bonds is 8. The molecule has 20 heavy (non-hydrogen) atoms. The van der Waals surface area contributed by atoms with Gasteiger partial charge in [0.2, 0.25) is 0 Å². The molecule has 0 spiro atoms. The molecule has 0 fully saturated rings. The van der Waals surface area contributed by atoms with E-state index in [1.54, 1.807) is 0 Å². The Bertz CT molecular complexity index is 406. The van der Waals surface area contributed by atoms with Crippen molar-refractivity contribution in [2.45, 2.75) is 58.8 Å². The van der Waals surface area contributed by atoms with Crippen LogP contribution in [0.3, 0.4) is 0 Å². The molecule has 1 aromatic rings. The highest BCUT2D eigenvalue weighted by atomic mass is 16.5. The van der Waals surface area contributed by atoms with Crippen molar-refractivity contribution in [3.63, 3.8) is 0 Å². The largest absolute Gasteiger partial charge is 0.491 e. The lowest BCUT2D eigenvalue weighted by molar-refractivity contribution is -0.0547. The molecule has 0 aliphatic carbocycles. The van der Waals surface area contributed by atoms with Crippen molar-refractivity contribution in [1.29, 1.82) is 0 Å². The zero-order valence-electron chi connectivity index (χ0n) is 13.7. The summed E-state index contributed by atoms with van der Waals surface area (Å²) in [6.07, 6.45) is 1.13. The van der Waals surface area contributed by atoms with Gasteiger partial charge < -0.3 is 14.8 Å². The molecule has 0 bridgehead atoms. The van der Waals surface area contributed by atoms with Gasteiger partial charge in [0, 0.05) is 6.61 Å². The van der Waals surface area contributed by atoms with Gasteiger partial charge in [0.1, 0.15) is 5.75 Å². The summed E-state index contributed by atoms with van der Waals surface area (Å²) in [5, 5.41) is 3.39. The molecule has 1 N–H and O–H groups in total. The Balaban J connectivity index is 3.05. The first kappa shape index (κ1) is 17.0. The van der Waals surface area contributed by atoms with E-state index in [2.05, 4.69) is 31.3 Å². The molecule has 0 aromatic heterocycles. The van der Waals surface area contributed by atoms with Gasteiger partial charge in [0.05, 0.1) is 17.7 Å². The van der Waals surface area contributed by atoms with Crippen LogP contribution in [0.4, 0.5) is 0 Å². The molecule has 0 saturated carbocycles. The molecule has 0 heterocycles. The Morgan fingerprint density at radius 3 is 2.45 bits per heavy atom. The lowest BCUT2D eigenvalue weighted by Crippen LogP contribution is -2.42. The van der Waals surface area contributed by atoms with Crippen molar-refractivity contribution in [1.82, 2.24) is 5.32 Å². The summed E-state index contributed by atoms with van der Waals surface area (Å²) in [5.74, 6) is 0.910. The molecule has 2 unspecified atom stereocenters. The molecule has 3 nitrogen and oxygen atoms in total. The summed E-state index contributed by atoms with van der Waals surface area (Å²) in [7, 11) is 1.98. The SMILES string of the molecule is CCOC(C)(CC)C(NC)c1cccc(OC(C)C)c1. The first-order chi connectivity index (χ1) is 9.46. The van der Waals surface area contributed by atoms with Crippen LogP contribution in [0.1, 0.15) is 52.6 Å². The molecular formula is C17H29NO2. The van der Waals surface area contributed by atoms with E-state index in [0.29, 0.717) is 6.61 Å². The standard InChI is InChI=1S/C17H29NO2/c1-7-17(5,19-8-2)16(18-6)14-10-9-11-15(12-14)20-13(3)4/h9-13,16,18H,7-8H2,1-6H3. The second-order valence-corrected chi connectivity index (χ2v) is 5.56. The monoisotopic (exact) mass is 279 g/mol. The molecule has 3 heteroatoms. The Hall–Kier alpha value is -1.06. The van der Waals surface area contributed by atoms with Gasteiger partial charge in [-0.15, -0.1) is 0 Å². The first-order valence-electron chi connectivity index (χ1n) is 7.54. The number of nitrogens with one attached hydrogen (secondary N) is 1. The summed E-state index contributed by atoms with van der Waals surface area (Å²) < 4.78 is 11.8. The second-order valence-electron chi connectivity index (χ2n) is 5.56. The predicted molar refractivity (Wildman–Crippen MR) is 84.3 cm³/mol. The number of ether oxygens (including phenoxy) is 2. The maximum Gasteiger partial charge on any atom is 0.120 e. The fourth-order valence-corrected chi connectivity index (χ4v) is 2.58. The van der Waals surface area contributed by atoms with Crippen LogP contribution < -0.4 is 10.1 Å². The van der Waals surface area contributed by atoms with E-state index in [0.717, 1.165) is 12.2 Å². The zero-order chi connectivity index (χ0) is 15.2. The van der Waals surface area contributed by atoms with E-state index in [1.807, 2.05) is 40.0 Å². The molecule has 114 valence electrons. The van der Waals surface area contributed by atoms with Crippen LogP contribution in [0.5, 0.6) is 5.75 Å². The normalized spacial score (nSPS) is 15.9. The quantitative estimate of drug-likeness (QED) is 0.782. The molecule has 0 radical (unpaired) electrons. The van der Waals surface area contributed by atoms with Crippen molar-refractivity contribution in [3.8, 4) is 5.75 Å². The van der Waals surface area contributed by atoms with Crippen molar-refractivity contribution < 1.29 is 9.47 Å². The summed E-state index contributed by atoms with van der Waals surface area (Å²) in [4.78, 5) is 0. The number of hydrogen-bond donors (Lipinski definition) is 1. The second kappa shape index (κ2) is 7.65.